The van der Waals surface area contributed by atoms with Crippen LogP contribution >= 0.6 is 0 Å². The van der Waals surface area contributed by atoms with Crippen molar-refractivity contribution in [2.45, 2.75) is 13.5 Å². The highest BCUT2D eigenvalue weighted by Crippen LogP contribution is 2.32. The van der Waals surface area contributed by atoms with Crippen molar-refractivity contribution in [3.8, 4) is 11.5 Å². The third-order valence-corrected chi connectivity index (χ3v) is 4.99. The molecule has 1 saturated heterocycles. The van der Waals surface area contributed by atoms with Crippen LogP contribution in [0, 0.1) is 6.92 Å². The van der Waals surface area contributed by atoms with Crippen molar-refractivity contribution in [2.24, 2.45) is 0 Å². The lowest BCUT2D eigenvalue weighted by Crippen LogP contribution is -2.51. The normalized spacial score (nSPS) is 14.0. The summed E-state index contributed by atoms with van der Waals surface area (Å²) in [5.41, 5.74) is 3.36. The first-order chi connectivity index (χ1) is 13.1. The average molecular weight is 369 g/mol. The zero-order valence-electron chi connectivity index (χ0n) is 16.2. The van der Waals surface area contributed by atoms with E-state index in [1.807, 2.05) is 41.3 Å². The van der Waals surface area contributed by atoms with Gasteiger partial charge in [0.05, 0.1) is 19.9 Å². The van der Waals surface area contributed by atoms with E-state index in [4.69, 9.17) is 9.47 Å². The van der Waals surface area contributed by atoms with Crippen molar-refractivity contribution in [1.29, 1.82) is 0 Å². The van der Waals surface area contributed by atoms with Gasteiger partial charge < -0.3 is 24.6 Å². The number of nitrogens with one attached hydrogen (secondary N) is 1. The summed E-state index contributed by atoms with van der Waals surface area (Å²) in [6, 6.07) is 13.9. The molecule has 0 aliphatic carbocycles. The molecule has 0 atom stereocenters. The first-order valence-electron chi connectivity index (χ1n) is 9.16. The fraction of sp³-hybridized carbons (Fsp3) is 0.381. The summed E-state index contributed by atoms with van der Waals surface area (Å²) in [4.78, 5) is 16.6. The molecule has 0 aromatic heterocycles. The van der Waals surface area contributed by atoms with Crippen molar-refractivity contribution < 1.29 is 14.3 Å². The van der Waals surface area contributed by atoms with Gasteiger partial charge in [-0.1, -0.05) is 24.3 Å². The number of amides is 2. The molecule has 0 unspecified atom stereocenters. The zero-order valence-corrected chi connectivity index (χ0v) is 16.2. The molecule has 6 nitrogen and oxygen atoms in total. The minimum absolute atomic E-state index is 0.0143. The number of rotatable bonds is 5. The number of anilines is 1. The van der Waals surface area contributed by atoms with E-state index in [0.29, 0.717) is 19.6 Å². The van der Waals surface area contributed by atoms with Crippen molar-refractivity contribution in [3.05, 3.63) is 53.6 Å². The van der Waals surface area contributed by atoms with Gasteiger partial charge in [-0.15, -0.1) is 0 Å². The Kier molecular flexibility index (Phi) is 6.06. The van der Waals surface area contributed by atoms with Crippen LogP contribution in [-0.4, -0.2) is 51.3 Å². The van der Waals surface area contributed by atoms with Gasteiger partial charge >= 0.3 is 6.03 Å². The van der Waals surface area contributed by atoms with Crippen LogP contribution in [0.3, 0.4) is 0 Å². The van der Waals surface area contributed by atoms with Crippen LogP contribution < -0.4 is 19.7 Å². The monoisotopic (exact) mass is 369 g/mol. The third kappa shape index (κ3) is 4.45. The highest BCUT2D eigenvalue weighted by Gasteiger charge is 2.23. The Balaban J connectivity index is 1.55. The van der Waals surface area contributed by atoms with Gasteiger partial charge in [0.2, 0.25) is 0 Å². The molecule has 2 aromatic carbocycles. The zero-order chi connectivity index (χ0) is 19.2. The number of carbonyl (C=O) groups excluding carboxylic acids is 1. The number of ether oxygens (including phenoxy) is 2. The molecule has 1 aliphatic rings. The number of aryl methyl sites for hydroxylation is 1. The number of carbonyl (C=O) groups is 1. The summed E-state index contributed by atoms with van der Waals surface area (Å²) >= 11 is 0. The molecule has 0 spiro atoms. The number of hydrogen-bond donors (Lipinski definition) is 1. The molecule has 0 bridgehead atoms. The van der Waals surface area contributed by atoms with E-state index >= 15 is 0 Å². The van der Waals surface area contributed by atoms with Gasteiger partial charge in [0.15, 0.2) is 0 Å². The van der Waals surface area contributed by atoms with E-state index in [1.54, 1.807) is 14.2 Å². The van der Waals surface area contributed by atoms with Gasteiger partial charge in [-0.25, -0.2) is 4.79 Å². The molecule has 27 heavy (non-hydrogen) atoms. The van der Waals surface area contributed by atoms with E-state index in [2.05, 4.69) is 23.2 Å². The van der Waals surface area contributed by atoms with Crippen LogP contribution in [0.1, 0.15) is 11.1 Å². The van der Waals surface area contributed by atoms with Crippen molar-refractivity contribution >= 4 is 11.7 Å². The number of urea groups is 1. The first kappa shape index (κ1) is 18.9. The predicted molar refractivity (Wildman–Crippen MR) is 107 cm³/mol. The summed E-state index contributed by atoms with van der Waals surface area (Å²) < 4.78 is 10.8. The lowest BCUT2D eigenvalue weighted by Gasteiger charge is -2.36. The molecule has 2 aromatic rings. The maximum Gasteiger partial charge on any atom is 0.317 e. The molecule has 3 rings (SSSR count). The standard InChI is InChI=1S/C21H27N3O3/c1-16-6-4-5-7-17(16)15-22-21(25)24-12-10-23(11-13-24)19-9-8-18(26-2)14-20(19)27-3/h4-9,14H,10-13,15H2,1-3H3,(H,22,25). The average Bonchev–Trinajstić information content (AvgIpc) is 2.72. The minimum Gasteiger partial charge on any atom is -0.497 e. The Bertz CT molecular complexity index is 786. The Hall–Kier alpha value is -2.89. The van der Waals surface area contributed by atoms with Gasteiger partial charge in [0.25, 0.3) is 0 Å². The highest BCUT2D eigenvalue weighted by molar-refractivity contribution is 5.74. The molecule has 144 valence electrons. The van der Waals surface area contributed by atoms with Crippen molar-refractivity contribution in [2.75, 3.05) is 45.3 Å². The van der Waals surface area contributed by atoms with Crippen molar-refractivity contribution in [1.82, 2.24) is 10.2 Å². The smallest absolute Gasteiger partial charge is 0.317 e. The van der Waals surface area contributed by atoms with E-state index in [-0.39, 0.29) is 6.03 Å². The van der Waals surface area contributed by atoms with Crippen LogP contribution in [-0.2, 0) is 6.54 Å². The first-order valence-corrected chi connectivity index (χ1v) is 9.16. The summed E-state index contributed by atoms with van der Waals surface area (Å²) in [5, 5.41) is 3.03. The fourth-order valence-corrected chi connectivity index (χ4v) is 3.29. The molecule has 1 heterocycles. The summed E-state index contributed by atoms with van der Waals surface area (Å²) in [6.45, 7) is 5.49. The topological polar surface area (TPSA) is 54.0 Å². The van der Waals surface area contributed by atoms with Gasteiger partial charge in [0, 0.05) is 38.8 Å². The second-order valence-corrected chi connectivity index (χ2v) is 6.60. The van der Waals surface area contributed by atoms with Crippen LogP contribution in [0.5, 0.6) is 11.5 Å². The molecule has 2 amide bonds. The molecule has 1 N–H and O–H groups in total. The SMILES string of the molecule is COc1ccc(N2CCN(C(=O)NCc3ccccc3C)CC2)c(OC)c1. The molecular weight excluding hydrogens is 342 g/mol. The van der Waals surface area contributed by atoms with E-state index in [1.165, 1.54) is 5.56 Å². The molecule has 6 heteroatoms. The van der Waals surface area contributed by atoms with Crippen LogP contribution in [0.25, 0.3) is 0 Å². The lowest BCUT2D eigenvalue weighted by molar-refractivity contribution is 0.194. The Morgan fingerprint density at radius 1 is 1.04 bits per heavy atom. The Morgan fingerprint density at radius 3 is 2.44 bits per heavy atom. The van der Waals surface area contributed by atoms with E-state index < -0.39 is 0 Å². The second kappa shape index (κ2) is 8.66. The minimum atomic E-state index is -0.0143. The summed E-state index contributed by atoms with van der Waals surface area (Å²) in [7, 11) is 3.30. The highest BCUT2D eigenvalue weighted by atomic mass is 16.5. The largest absolute Gasteiger partial charge is 0.497 e. The number of nitrogens with zero attached hydrogens (tertiary/aromatic N) is 2. The van der Waals surface area contributed by atoms with Gasteiger partial charge in [-0.2, -0.15) is 0 Å². The van der Waals surface area contributed by atoms with E-state index in [0.717, 1.165) is 35.8 Å². The van der Waals surface area contributed by atoms with Crippen LogP contribution in [0.2, 0.25) is 0 Å². The number of piperazine rings is 1. The quantitative estimate of drug-likeness (QED) is 0.880. The summed E-state index contributed by atoms with van der Waals surface area (Å²) in [5.74, 6) is 1.55. The third-order valence-electron chi connectivity index (χ3n) is 4.99. The molecule has 0 radical (unpaired) electrons. The molecule has 1 fully saturated rings. The van der Waals surface area contributed by atoms with Gasteiger partial charge in [0.1, 0.15) is 11.5 Å². The number of hydrogen-bond acceptors (Lipinski definition) is 4. The predicted octanol–water partition coefficient (Wildman–Crippen LogP) is 3.04. The maximum atomic E-state index is 12.5. The second-order valence-electron chi connectivity index (χ2n) is 6.60. The molecule has 0 saturated carbocycles. The molecule has 1 aliphatic heterocycles. The number of benzene rings is 2. The van der Waals surface area contributed by atoms with Crippen molar-refractivity contribution in [3.63, 3.8) is 0 Å². The molecular formula is C21H27N3O3. The van der Waals surface area contributed by atoms with Crippen LogP contribution in [0.4, 0.5) is 10.5 Å². The summed E-state index contributed by atoms with van der Waals surface area (Å²) in [6.07, 6.45) is 0. The van der Waals surface area contributed by atoms with Crippen LogP contribution in [0.15, 0.2) is 42.5 Å². The van der Waals surface area contributed by atoms with E-state index in [9.17, 15) is 4.79 Å². The number of methoxy groups -OCH3 is 2. The maximum absolute atomic E-state index is 12.5. The Morgan fingerprint density at radius 2 is 1.78 bits per heavy atom. The van der Waals surface area contributed by atoms with Gasteiger partial charge in [-0.05, 0) is 30.2 Å². The lowest BCUT2D eigenvalue weighted by atomic mass is 10.1. The fourth-order valence-electron chi connectivity index (χ4n) is 3.29. The Labute approximate surface area is 160 Å². The van der Waals surface area contributed by atoms with Gasteiger partial charge in [-0.3, -0.25) is 0 Å².